The fourth-order valence-corrected chi connectivity index (χ4v) is 3.26. The average Bonchev–Trinajstić information content (AvgIpc) is 2.51. The monoisotopic (exact) mass is 316 g/mol. The number of hydrogen-bond donors (Lipinski definition) is 0. The number of carbonyl (C=O) groups is 2. The first-order valence-corrected chi connectivity index (χ1v) is 8.52. The van der Waals surface area contributed by atoms with E-state index in [1.54, 1.807) is 11.8 Å². The molecule has 2 amide bonds. The van der Waals surface area contributed by atoms with Crippen molar-refractivity contribution < 1.29 is 9.59 Å². The molecule has 1 aliphatic rings. The molecule has 2 rings (SSSR count). The van der Waals surface area contributed by atoms with Crippen molar-refractivity contribution in [3.05, 3.63) is 29.3 Å². The highest BCUT2D eigenvalue weighted by Crippen LogP contribution is 2.23. The van der Waals surface area contributed by atoms with Crippen LogP contribution in [0.4, 0.5) is 5.69 Å². The Bertz CT molecular complexity index is 583. The number of amides is 2. The maximum Gasteiger partial charge on any atom is 0.224 e. The van der Waals surface area contributed by atoms with Gasteiger partial charge in [-0.3, -0.25) is 9.59 Å². The minimum absolute atomic E-state index is 0.0153. The summed E-state index contributed by atoms with van der Waals surface area (Å²) < 4.78 is 0. The van der Waals surface area contributed by atoms with E-state index in [4.69, 9.17) is 0 Å². The van der Waals surface area contributed by atoms with Crippen molar-refractivity contribution in [1.82, 2.24) is 4.90 Å². The van der Waals surface area contributed by atoms with E-state index in [9.17, 15) is 9.59 Å². The lowest BCUT2D eigenvalue weighted by Crippen LogP contribution is -2.41. The molecule has 23 heavy (non-hydrogen) atoms. The van der Waals surface area contributed by atoms with Crippen LogP contribution in [0.1, 0.15) is 44.2 Å². The van der Waals surface area contributed by atoms with Crippen molar-refractivity contribution in [2.45, 2.75) is 47.0 Å². The third-order valence-electron chi connectivity index (χ3n) is 4.81. The van der Waals surface area contributed by atoms with Crippen molar-refractivity contribution in [2.75, 3.05) is 24.5 Å². The molecule has 1 aromatic carbocycles. The van der Waals surface area contributed by atoms with Crippen molar-refractivity contribution in [3.63, 3.8) is 0 Å². The fraction of sp³-hybridized carbons (Fsp3) is 0.579. The van der Waals surface area contributed by atoms with Gasteiger partial charge in [0.2, 0.25) is 11.8 Å². The molecule has 0 aliphatic carbocycles. The van der Waals surface area contributed by atoms with E-state index < -0.39 is 0 Å². The largest absolute Gasteiger partial charge is 0.342 e. The molecule has 1 atom stereocenters. The molecule has 1 unspecified atom stereocenters. The lowest BCUT2D eigenvalue weighted by molar-refractivity contribution is -0.132. The van der Waals surface area contributed by atoms with E-state index in [0.717, 1.165) is 36.3 Å². The number of rotatable bonds is 4. The zero-order valence-corrected chi connectivity index (χ0v) is 14.8. The molecular formula is C19H28N2O2. The van der Waals surface area contributed by atoms with Crippen LogP contribution < -0.4 is 4.90 Å². The van der Waals surface area contributed by atoms with Gasteiger partial charge in [-0.1, -0.05) is 19.1 Å². The van der Waals surface area contributed by atoms with E-state index >= 15 is 0 Å². The third kappa shape index (κ3) is 4.34. The van der Waals surface area contributed by atoms with Crippen LogP contribution in [-0.4, -0.2) is 36.3 Å². The number of anilines is 1. The fourth-order valence-electron chi connectivity index (χ4n) is 3.26. The molecular weight excluding hydrogens is 288 g/mol. The van der Waals surface area contributed by atoms with Gasteiger partial charge in [0.1, 0.15) is 0 Å². The summed E-state index contributed by atoms with van der Waals surface area (Å²) in [6, 6.07) is 5.95. The highest BCUT2D eigenvalue weighted by atomic mass is 16.2. The Kier molecular flexibility index (Phi) is 5.80. The van der Waals surface area contributed by atoms with Crippen LogP contribution in [0.5, 0.6) is 0 Å². The average molecular weight is 316 g/mol. The number of benzene rings is 1. The Morgan fingerprint density at radius 3 is 2.70 bits per heavy atom. The van der Waals surface area contributed by atoms with Crippen LogP contribution in [0.25, 0.3) is 0 Å². The van der Waals surface area contributed by atoms with Gasteiger partial charge in [-0.05, 0) is 49.8 Å². The van der Waals surface area contributed by atoms with Gasteiger partial charge in [0.25, 0.3) is 0 Å². The van der Waals surface area contributed by atoms with E-state index in [0.29, 0.717) is 18.9 Å². The summed E-state index contributed by atoms with van der Waals surface area (Å²) in [5.74, 6) is 0.724. The van der Waals surface area contributed by atoms with Gasteiger partial charge in [-0.2, -0.15) is 0 Å². The topological polar surface area (TPSA) is 40.6 Å². The summed E-state index contributed by atoms with van der Waals surface area (Å²) in [6.45, 7) is 9.97. The van der Waals surface area contributed by atoms with Gasteiger partial charge in [0.05, 0.1) is 0 Å². The molecule has 0 bridgehead atoms. The normalized spacial score (nSPS) is 17.9. The van der Waals surface area contributed by atoms with Crippen LogP contribution >= 0.6 is 0 Å². The second-order valence-corrected chi connectivity index (χ2v) is 6.73. The Morgan fingerprint density at radius 2 is 2.04 bits per heavy atom. The summed E-state index contributed by atoms with van der Waals surface area (Å²) in [5.41, 5.74) is 3.17. The van der Waals surface area contributed by atoms with Gasteiger partial charge < -0.3 is 9.80 Å². The molecule has 1 saturated heterocycles. The highest BCUT2D eigenvalue weighted by Gasteiger charge is 2.22. The van der Waals surface area contributed by atoms with Crippen LogP contribution in [0.15, 0.2) is 18.2 Å². The Hall–Kier alpha value is -1.84. The van der Waals surface area contributed by atoms with Crippen molar-refractivity contribution in [2.24, 2.45) is 5.92 Å². The number of aryl methyl sites for hydroxylation is 1. The lowest BCUT2D eigenvalue weighted by Gasteiger charge is -2.32. The van der Waals surface area contributed by atoms with E-state index in [1.807, 2.05) is 36.9 Å². The first-order valence-electron chi connectivity index (χ1n) is 8.52. The summed E-state index contributed by atoms with van der Waals surface area (Å²) in [5, 5.41) is 0. The molecule has 1 fully saturated rings. The summed E-state index contributed by atoms with van der Waals surface area (Å²) in [4.78, 5) is 28.2. The standard InChI is InChI=1S/C19H28N2O2/c1-14-7-6-11-20(13-14)19(23)10-12-21(17(4)22)18-9-5-8-15(2)16(18)3/h5,8-9,14H,6-7,10-13H2,1-4H3. The van der Waals surface area contributed by atoms with E-state index in [2.05, 4.69) is 6.92 Å². The van der Waals surface area contributed by atoms with Crippen molar-refractivity contribution in [1.29, 1.82) is 0 Å². The zero-order valence-electron chi connectivity index (χ0n) is 14.8. The van der Waals surface area contributed by atoms with Crippen LogP contribution in [0, 0.1) is 19.8 Å². The van der Waals surface area contributed by atoms with Crippen molar-refractivity contribution in [3.8, 4) is 0 Å². The maximum atomic E-state index is 12.4. The predicted molar refractivity (Wildman–Crippen MR) is 93.5 cm³/mol. The highest BCUT2D eigenvalue weighted by molar-refractivity contribution is 5.93. The minimum Gasteiger partial charge on any atom is -0.342 e. The number of hydrogen-bond acceptors (Lipinski definition) is 2. The summed E-state index contributed by atoms with van der Waals surface area (Å²) >= 11 is 0. The summed E-state index contributed by atoms with van der Waals surface area (Å²) in [6.07, 6.45) is 2.67. The van der Waals surface area contributed by atoms with Crippen LogP contribution in [0.2, 0.25) is 0 Å². The smallest absolute Gasteiger partial charge is 0.224 e. The molecule has 0 saturated carbocycles. The zero-order chi connectivity index (χ0) is 17.0. The molecule has 4 heteroatoms. The molecule has 1 heterocycles. The maximum absolute atomic E-state index is 12.4. The Labute approximate surface area is 139 Å². The van der Waals surface area contributed by atoms with Crippen LogP contribution in [-0.2, 0) is 9.59 Å². The second-order valence-electron chi connectivity index (χ2n) is 6.73. The Morgan fingerprint density at radius 1 is 1.30 bits per heavy atom. The van der Waals surface area contributed by atoms with Gasteiger partial charge in [-0.25, -0.2) is 0 Å². The molecule has 0 radical (unpaired) electrons. The van der Waals surface area contributed by atoms with Crippen LogP contribution in [0.3, 0.4) is 0 Å². The van der Waals surface area contributed by atoms with E-state index in [-0.39, 0.29) is 11.8 Å². The molecule has 0 spiro atoms. The van der Waals surface area contributed by atoms with Crippen molar-refractivity contribution >= 4 is 17.5 Å². The molecule has 0 aromatic heterocycles. The van der Waals surface area contributed by atoms with Gasteiger partial charge in [0.15, 0.2) is 0 Å². The SMILES string of the molecule is CC(=O)N(CCC(=O)N1CCCC(C)C1)c1cccc(C)c1C. The summed E-state index contributed by atoms with van der Waals surface area (Å²) in [7, 11) is 0. The quantitative estimate of drug-likeness (QED) is 0.855. The molecule has 126 valence electrons. The van der Waals surface area contributed by atoms with Gasteiger partial charge in [-0.15, -0.1) is 0 Å². The lowest BCUT2D eigenvalue weighted by atomic mass is 10.00. The Balaban J connectivity index is 2.04. The second kappa shape index (κ2) is 7.62. The first kappa shape index (κ1) is 17.5. The van der Waals surface area contributed by atoms with Gasteiger partial charge >= 0.3 is 0 Å². The number of carbonyl (C=O) groups excluding carboxylic acids is 2. The predicted octanol–water partition coefficient (Wildman–Crippen LogP) is 3.30. The number of nitrogens with zero attached hydrogens (tertiary/aromatic N) is 2. The number of piperidine rings is 1. The molecule has 1 aromatic rings. The molecule has 4 nitrogen and oxygen atoms in total. The third-order valence-corrected chi connectivity index (χ3v) is 4.81. The molecule has 1 aliphatic heterocycles. The first-order chi connectivity index (χ1) is 10.9. The molecule has 0 N–H and O–H groups in total. The minimum atomic E-state index is -0.0153. The number of likely N-dealkylation sites (tertiary alicyclic amines) is 1. The van der Waals surface area contributed by atoms with Gasteiger partial charge in [0, 0.05) is 38.7 Å². The van der Waals surface area contributed by atoms with E-state index in [1.165, 1.54) is 6.42 Å².